The number of benzene rings is 3. The van der Waals surface area contributed by atoms with E-state index in [0.717, 1.165) is 16.7 Å². The minimum Gasteiger partial charge on any atom is -0.465 e. The highest BCUT2D eigenvalue weighted by Gasteiger charge is 2.16. The van der Waals surface area contributed by atoms with Crippen molar-refractivity contribution in [2.24, 2.45) is 0 Å². The van der Waals surface area contributed by atoms with Gasteiger partial charge in [-0.3, -0.25) is 4.79 Å². The van der Waals surface area contributed by atoms with Gasteiger partial charge in [-0.15, -0.1) is 0 Å². The van der Waals surface area contributed by atoms with E-state index in [1.165, 1.54) is 7.11 Å². The monoisotopic (exact) mass is 405 g/mol. The summed E-state index contributed by atoms with van der Waals surface area (Å²) < 4.78 is 4.77. The van der Waals surface area contributed by atoms with Crippen LogP contribution in [0.2, 0.25) is 5.02 Å². The van der Waals surface area contributed by atoms with Gasteiger partial charge in [-0.1, -0.05) is 66.2 Å². The fourth-order valence-corrected chi connectivity index (χ4v) is 3.03. The molecule has 29 heavy (non-hydrogen) atoms. The van der Waals surface area contributed by atoms with Crippen LogP contribution in [-0.4, -0.2) is 19.0 Å². The molecule has 1 amide bonds. The zero-order valence-electron chi connectivity index (χ0n) is 16.1. The molecule has 0 heterocycles. The standard InChI is InChI=1S/C24H20ClNO3/c1-16-12-13-19(24(28)29-2)15-22(16)26-23(27)20(17-8-4-3-5-9-17)14-18-10-6-7-11-21(18)25/h3-15H,1-2H3,(H,26,27)/b20-14+. The molecule has 0 aromatic heterocycles. The summed E-state index contributed by atoms with van der Waals surface area (Å²) in [5.41, 5.74) is 3.69. The van der Waals surface area contributed by atoms with Crippen LogP contribution in [0.15, 0.2) is 72.8 Å². The van der Waals surface area contributed by atoms with Gasteiger partial charge in [0.2, 0.25) is 0 Å². The lowest BCUT2D eigenvalue weighted by molar-refractivity contribution is -0.111. The van der Waals surface area contributed by atoms with Gasteiger partial charge >= 0.3 is 5.97 Å². The van der Waals surface area contributed by atoms with E-state index < -0.39 is 5.97 Å². The molecule has 0 saturated heterocycles. The van der Waals surface area contributed by atoms with Gasteiger partial charge in [0, 0.05) is 16.3 Å². The third-order valence-corrected chi connectivity index (χ3v) is 4.79. The number of esters is 1. The molecule has 5 heteroatoms. The summed E-state index contributed by atoms with van der Waals surface area (Å²) >= 11 is 6.29. The zero-order valence-corrected chi connectivity index (χ0v) is 16.9. The van der Waals surface area contributed by atoms with E-state index in [4.69, 9.17) is 16.3 Å². The summed E-state index contributed by atoms with van der Waals surface area (Å²) in [7, 11) is 1.32. The van der Waals surface area contributed by atoms with Gasteiger partial charge in [-0.05, 0) is 47.9 Å². The molecule has 0 fully saturated rings. The number of rotatable bonds is 5. The number of hydrogen-bond acceptors (Lipinski definition) is 3. The van der Waals surface area contributed by atoms with Gasteiger partial charge in [0.05, 0.1) is 12.7 Å². The Bertz CT molecular complexity index is 1070. The maximum Gasteiger partial charge on any atom is 0.337 e. The maximum atomic E-state index is 13.2. The highest BCUT2D eigenvalue weighted by Crippen LogP contribution is 2.25. The molecule has 0 radical (unpaired) electrons. The van der Waals surface area contributed by atoms with Gasteiger partial charge in [-0.25, -0.2) is 4.79 Å². The fraction of sp³-hybridized carbons (Fsp3) is 0.0833. The Morgan fingerprint density at radius 1 is 0.931 bits per heavy atom. The SMILES string of the molecule is COC(=O)c1ccc(C)c(NC(=O)/C(=C/c2ccccc2Cl)c2ccccc2)c1. The Hall–Kier alpha value is -3.37. The molecule has 0 aliphatic carbocycles. The lowest BCUT2D eigenvalue weighted by Crippen LogP contribution is -2.15. The van der Waals surface area contributed by atoms with Crippen LogP contribution in [0, 0.1) is 6.92 Å². The summed E-state index contributed by atoms with van der Waals surface area (Å²) in [5.74, 6) is -0.767. The number of carbonyl (C=O) groups is 2. The first-order valence-corrected chi connectivity index (χ1v) is 9.39. The predicted octanol–water partition coefficient (Wildman–Crippen LogP) is 5.61. The van der Waals surface area contributed by atoms with Crippen LogP contribution >= 0.6 is 11.6 Å². The Labute approximate surface area is 174 Å². The first-order valence-electron chi connectivity index (χ1n) is 9.01. The van der Waals surface area contributed by atoms with E-state index in [1.807, 2.05) is 55.5 Å². The summed E-state index contributed by atoms with van der Waals surface area (Å²) in [6.45, 7) is 1.86. The van der Waals surface area contributed by atoms with Crippen molar-refractivity contribution in [2.75, 3.05) is 12.4 Å². The molecular formula is C24H20ClNO3. The molecule has 4 nitrogen and oxygen atoms in total. The maximum absolute atomic E-state index is 13.2. The van der Waals surface area contributed by atoms with Crippen molar-refractivity contribution in [3.8, 4) is 0 Å². The molecular weight excluding hydrogens is 386 g/mol. The largest absolute Gasteiger partial charge is 0.465 e. The van der Waals surface area contributed by atoms with Crippen molar-refractivity contribution < 1.29 is 14.3 Å². The predicted molar refractivity (Wildman–Crippen MR) is 117 cm³/mol. The van der Waals surface area contributed by atoms with Crippen molar-refractivity contribution in [1.82, 2.24) is 0 Å². The van der Waals surface area contributed by atoms with Crippen molar-refractivity contribution >= 4 is 40.8 Å². The number of nitrogens with one attached hydrogen (secondary N) is 1. The molecule has 0 bridgehead atoms. The fourth-order valence-electron chi connectivity index (χ4n) is 2.84. The van der Waals surface area contributed by atoms with Crippen molar-refractivity contribution in [2.45, 2.75) is 6.92 Å². The normalized spacial score (nSPS) is 11.1. The van der Waals surface area contributed by atoms with E-state index in [1.54, 1.807) is 30.3 Å². The second-order valence-corrected chi connectivity index (χ2v) is 6.83. The van der Waals surface area contributed by atoms with E-state index in [9.17, 15) is 9.59 Å². The van der Waals surface area contributed by atoms with E-state index in [-0.39, 0.29) is 5.91 Å². The number of anilines is 1. The highest BCUT2D eigenvalue weighted by molar-refractivity contribution is 6.34. The molecule has 0 spiro atoms. The number of amides is 1. The summed E-state index contributed by atoms with van der Waals surface area (Å²) in [6, 6.07) is 21.7. The van der Waals surface area contributed by atoms with Crippen LogP contribution in [-0.2, 0) is 9.53 Å². The third-order valence-electron chi connectivity index (χ3n) is 4.44. The second-order valence-electron chi connectivity index (χ2n) is 6.42. The van der Waals surface area contributed by atoms with Gasteiger partial charge in [-0.2, -0.15) is 0 Å². The minimum absolute atomic E-state index is 0.304. The van der Waals surface area contributed by atoms with Gasteiger partial charge in [0.25, 0.3) is 5.91 Å². The molecule has 3 aromatic rings. The number of carbonyl (C=O) groups excluding carboxylic acids is 2. The molecule has 0 saturated carbocycles. The molecule has 0 aliphatic rings. The van der Waals surface area contributed by atoms with Crippen LogP contribution < -0.4 is 5.32 Å². The van der Waals surface area contributed by atoms with E-state index >= 15 is 0 Å². The van der Waals surface area contributed by atoms with Crippen molar-refractivity contribution in [3.63, 3.8) is 0 Å². The Kier molecular flexibility index (Phi) is 6.47. The second kappa shape index (κ2) is 9.22. The van der Waals surface area contributed by atoms with Crippen molar-refractivity contribution in [3.05, 3.63) is 100 Å². The third kappa shape index (κ3) is 4.92. The first kappa shape index (κ1) is 20.4. The topological polar surface area (TPSA) is 55.4 Å². The molecule has 0 unspecified atom stereocenters. The van der Waals surface area contributed by atoms with Gasteiger partial charge in [0.1, 0.15) is 0 Å². The number of aryl methyl sites for hydroxylation is 1. The van der Waals surface area contributed by atoms with Crippen LogP contribution in [0.4, 0.5) is 5.69 Å². The molecule has 3 aromatic carbocycles. The first-order chi connectivity index (χ1) is 14.0. The van der Waals surface area contributed by atoms with Crippen LogP contribution in [0.25, 0.3) is 11.6 Å². The van der Waals surface area contributed by atoms with Crippen LogP contribution in [0.5, 0.6) is 0 Å². The van der Waals surface area contributed by atoms with Gasteiger partial charge in [0.15, 0.2) is 0 Å². The van der Waals surface area contributed by atoms with E-state index in [2.05, 4.69) is 5.32 Å². The zero-order chi connectivity index (χ0) is 20.8. The number of hydrogen-bond donors (Lipinski definition) is 1. The summed E-state index contributed by atoms with van der Waals surface area (Å²) in [6.07, 6.45) is 1.76. The minimum atomic E-state index is -0.463. The van der Waals surface area contributed by atoms with Crippen molar-refractivity contribution in [1.29, 1.82) is 0 Å². The lowest BCUT2D eigenvalue weighted by atomic mass is 10.0. The van der Waals surface area contributed by atoms with Crippen LogP contribution in [0.1, 0.15) is 27.0 Å². The number of methoxy groups -OCH3 is 1. The Balaban J connectivity index is 2.01. The number of halogens is 1. The average Bonchev–Trinajstić information content (AvgIpc) is 2.74. The van der Waals surface area contributed by atoms with Crippen LogP contribution in [0.3, 0.4) is 0 Å². The Morgan fingerprint density at radius 2 is 1.62 bits per heavy atom. The Morgan fingerprint density at radius 3 is 2.31 bits per heavy atom. The highest BCUT2D eigenvalue weighted by atomic mass is 35.5. The molecule has 146 valence electrons. The molecule has 0 atom stereocenters. The quantitative estimate of drug-likeness (QED) is 0.341. The lowest BCUT2D eigenvalue weighted by Gasteiger charge is -2.13. The van der Waals surface area contributed by atoms with E-state index in [0.29, 0.717) is 21.8 Å². The smallest absolute Gasteiger partial charge is 0.337 e. The summed E-state index contributed by atoms with van der Waals surface area (Å²) in [4.78, 5) is 25.0. The molecule has 0 aliphatic heterocycles. The average molecular weight is 406 g/mol. The summed E-state index contributed by atoms with van der Waals surface area (Å²) in [5, 5.41) is 3.46. The molecule has 1 N–H and O–H groups in total. The van der Waals surface area contributed by atoms with Gasteiger partial charge < -0.3 is 10.1 Å². The molecule has 3 rings (SSSR count). The number of ether oxygens (including phenoxy) is 1.